The molecule has 1 atom stereocenters. The number of nitrogens with one attached hydrogen (secondary N) is 1. The molecule has 0 bridgehead atoms. The first-order valence-corrected chi connectivity index (χ1v) is 7.16. The van der Waals surface area contributed by atoms with Crippen molar-refractivity contribution in [2.24, 2.45) is 0 Å². The molecule has 5 heteroatoms. The van der Waals surface area contributed by atoms with E-state index < -0.39 is 12.0 Å². The number of rotatable bonds is 3. The number of H-pyrrole nitrogens is 1. The summed E-state index contributed by atoms with van der Waals surface area (Å²) < 4.78 is 0. The van der Waals surface area contributed by atoms with Gasteiger partial charge in [0.25, 0.3) is 0 Å². The van der Waals surface area contributed by atoms with Gasteiger partial charge in [0.1, 0.15) is 6.04 Å². The molecule has 0 saturated carbocycles. The molecule has 0 unspecified atom stereocenters. The van der Waals surface area contributed by atoms with E-state index in [-0.39, 0.29) is 12.3 Å². The first-order chi connectivity index (χ1) is 10.1. The Bertz CT molecular complexity index is 705. The quantitative estimate of drug-likeness (QED) is 0.907. The van der Waals surface area contributed by atoms with Gasteiger partial charge in [0.15, 0.2) is 0 Å². The molecule has 2 aromatic rings. The molecule has 110 valence electrons. The fraction of sp³-hybridized carbons (Fsp3) is 0.375. The van der Waals surface area contributed by atoms with Gasteiger partial charge >= 0.3 is 5.97 Å². The van der Waals surface area contributed by atoms with Crippen LogP contribution in [-0.4, -0.2) is 39.5 Å². The topological polar surface area (TPSA) is 73.4 Å². The number of carbonyl (C=O) groups excluding carboxylic acids is 1. The van der Waals surface area contributed by atoms with Crippen molar-refractivity contribution in [1.29, 1.82) is 0 Å². The van der Waals surface area contributed by atoms with Gasteiger partial charge in [0, 0.05) is 23.1 Å². The molecule has 3 rings (SSSR count). The van der Waals surface area contributed by atoms with Gasteiger partial charge in [-0.1, -0.05) is 18.2 Å². The van der Waals surface area contributed by atoms with E-state index in [4.69, 9.17) is 0 Å². The second-order valence-corrected chi connectivity index (χ2v) is 5.53. The number of benzene rings is 1. The zero-order valence-electron chi connectivity index (χ0n) is 11.9. The lowest BCUT2D eigenvalue weighted by Crippen LogP contribution is -2.41. The Morgan fingerprint density at radius 2 is 2.14 bits per heavy atom. The lowest BCUT2D eigenvalue weighted by atomic mass is 10.1. The van der Waals surface area contributed by atoms with Crippen molar-refractivity contribution in [2.75, 3.05) is 6.54 Å². The minimum absolute atomic E-state index is 0.104. The van der Waals surface area contributed by atoms with Crippen molar-refractivity contribution in [3.8, 4) is 0 Å². The number of aromatic nitrogens is 1. The summed E-state index contributed by atoms with van der Waals surface area (Å²) in [7, 11) is 0. The van der Waals surface area contributed by atoms with Crippen LogP contribution in [0.5, 0.6) is 0 Å². The van der Waals surface area contributed by atoms with Gasteiger partial charge in [-0.2, -0.15) is 0 Å². The molecule has 2 N–H and O–H groups in total. The monoisotopic (exact) mass is 286 g/mol. The van der Waals surface area contributed by atoms with E-state index in [1.54, 1.807) is 0 Å². The van der Waals surface area contributed by atoms with Crippen molar-refractivity contribution in [2.45, 2.75) is 32.2 Å². The van der Waals surface area contributed by atoms with Crippen LogP contribution in [-0.2, 0) is 16.0 Å². The summed E-state index contributed by atoms with van der Waals surface area (Å²) in [5, 5.41) is 10.2. The lowest BCUT2D eigenvalue weighted by molar-refractivity contribution is -0.147. The third kappa shape index (κ3) is 2.39. The molecule has 2 heterocycles. The van der Waals surface area contributed by atoms with Gasteiger partial charge in [-0.05, 0) is 31.4 Å². The Morgan fingerprint density at radius 3 is 2.90 bits per heavy atom. The molecule has 0 spiro atoms. The number of amides is 1. The van der Waals surface area contributed by atoms with Crippen LogP contribution < -0.4 is 0 Å². The van der Waals surface area contributed by atoms with Gasteiger partial charge in [-0.25, -0.2) is 4.79 Å². The number of hydrogen-bond acceptors (Lipinski definition) is 2. The summed E-state index contributed by atoms with van der Waals surface area (Å²) in [6.07, 6.45) is 1.56. The number of likely N-dealkylation sites (tertiary alicyclic amines) is 1. The van der Waals surface area contributed by atoms with Crippen LogP contribution in [0.1, 0.15) is 24.1 Å². The number of fused-ring (bicyclic) bond motifs is 1. The molecule has 5 nitrogen and oxygen atoms in total. The second kappa shape index (κ2) is 5.24. The number of carbonyl (C=O) groups is 2. The zero-order chi connectivity index (χ0) is 15.0. The number of carboxylic acids is 1. The standard InChI is InChI=1S/C16H18N2O3/c1-10-12(11-5-2-3-6-13(11)17-10)9-15(19)18-8-4-7-14(18)16(20)21/h2-3,5-6,14,17H,4,7-9H2,1H3,(H,20,21)/t14-/m0/s1. The van der Waals surface area contributed by atoms with Crippen molar-refractivity contribution in [3.63, 3.8) is 0 Å². The van der Waals surface area contributed by atoms with E-state index in [1.807, 2.05) is 31.2 Å². The number of aromatic amines is 1. The maximum atomic E-state index is 12.5. The van der Waals surface area contributed by atoms with E-state index in [1.165, 1.54) is 4.90 Å². The fourth-order valence-electron chi connectivity index (χ4n) is 3.14. The van der Waals surface area contributed by atoms with E-state index in [9.17, 15) is 14.7 Å². The normalized spacial score (nSPS) is 18.3. The number of nitrogens with zero attached hydrogens (tertiary/aromatic N) is 1. The first-order valence-electron chi connectivity index (χ1n) is 7.16. The Kier molecular flexibility index (Phi) is 3.41. The van der Waals surface area contributed by atoms with Gasteiger partial charge in [-0.15, -0.1) is 0 Å². The largest absolute Gasteiger partial charge is 0.480 e. The van der Waals surface area contributed by atoms with Crippen molar-refractivity contribution >= 4 is 22.8 Å². The molecule has 1 aliphatic rings. The average molecular weight is 286 g/mol. The Hall–Kier alpha value is -2.30. The minimum atomic E-state index is -0.906. The van der Waals surface area contributed by atoms with Crippen LogP contribution in [0.3, 0.4) is 0 Å². The van der Waals surface area contributed by atoms with E-state index >= 15 is 0 Å². The van der Waals surface area contributed by atoms with Gasteiger partial charge in [-0.3, -0.25) is 4.79 Å². The van der Waals surface area contributed by atoms with Gasteiger partial charge in [0.2, 0.25) is 5.91 Å². The first kappa shape index (κ1) is 13.7. The molecule has 1 amide bonds. The fourth-order valence-corrected chi connectivity index (χ4v) is 3.14. The summed E-state index contributed by atoms with van der Waals surface area (Å²) in [6.45, 7) is 2.48. The molecule has 1 aromatic heterocycles. The highest BCUT2D eigenvalue weighted by Gasteiger charge is 2.34. The number of hydrogen-bond donors (Lipinski definition) is 2. The number of carboxylic acid groups (broad SMARTS) is 1. The SMILES string of the molecule is Cc1[nH]c2ccccc2c1CC(=O)N1CCC[C@H]1C(=O)O. The predicted molar refractivity (Wildman–Crippen MR) is 79.1 cm³/mol. The third-order valence-corrected chi connectivity index (χ3v) is 4.21. The Labute approximate surface area is 122 Å². The van der Waals surface area contributed by atoms with Crippen molar-refractivity contribution < 1.29 is 14.7 Å². The van der Waals surface area contributed by atoms with E-state index in [0.717, 1.165) is 28.6 Å². The molecule has 1 aromatic carbocycles. The predicted octanol–water partition coefficient (Wildman–Crippen LogP) is 2.09. The van der Waals surface area contributed by atoms with Crippen LogP contribution in [0.15, 0.2) is 24.3 Å². The van der Waals surface area contributed by atoms with Crippen LogP contribution >= 0.6 is 0 Å². The second-order valence-electron chi connectivity index (χ2n) is 5.53. The highest BCUT2D eigenvalue weighted by molar-refractivity contribution is 5.91. The van der Waals surface area contributed by atoms with Crippen LogP contribution in [0, 0.1) is 6.92 Å². The number of aliphatic carboxylic acids is 1. The van der Waals surface area contributed by atoms with Gasteiger partial charge in [0.05, 0.1) is 6.42 Å². The summed E-state index contributed by atoms with van der Waals surface area (Å²) in [4.78, 5) is 28.4. The van der Waals surface area contributed by atoms with E-state index in [0.29, 0.717) is 13.0 Å². The molecule has 0 radical (unpaired) electrons. The zero-order valence-corrected chi connectivity index (χ0v) is 11.9. The Balaban J connectivity index is 1.87. The molecular formula is C16H18N2O3. The molecule has 0 aliphatic carbocycles. The molecule has 21 heavy (non-hydrogen) atoms. The Morgan fingerprint density at radius 1 is 1.38 bits per heavy atom. The minimum Gasteiger partial charge on any atom is -0.480 e. The highest BCUT2D eigenvalue weighted by Crippen LogP contribution is 2.25. The van der Waals surface area contributed by atoms with Gasteiger partial charge < -0.3 is 15.0 Å². The summed E-state index contributed by atoms with van der Waals surface area (Å²) in [5.74, 6) is -1.01. The third-order valence-electron chi connectivity index (χ3n) is 4.21. The maximum absolute atomic E-state index is 12.5. The molecule has 1 saturated heterocycles. The summed E-state index contributed by atoms with van der Waals surface area (Å²) >= 11 is 0. The van der Waals surface area contributed by atoms with Crippen LogP contribution in [0.4, 0.5) is 0 Å². The number of para-hydroxylation sites is 1. The van der Waals surface area contributed by atoms with Crippen molar-refractivity contribution in [3.05, 3.63) is 35.5 Å². The molecular weight excluding hydrogens is 268 g/mol. The van der Waals surface area contributed by atoms with Crippen molar-refractivity contribution in [1.82, 2.24) is 9.88 Å². The molecule has 1 fully saturated rings. The number of aryl methyl sites for hydroxylation is 1. The highest BCUT2D eigenvalue weighted by atomic mass is 16.4. The summed E-state index contributed by atoms with van der Waals surface area (Å²) in [6, 6.07) is 7.19. The maximum Gasteiger partial charge on any atom is 0.326 e. The lowest BCUT2D eigenvalue weighted by Gasteiger charge is -2.21. The average Bonchev–Trinajstić information content (AvgIpc) is 3.04. The summed E-state index contributed by atoms with van der Waals surface area (Å²) in [5.41, 5.74) is 2.94. The molecule has 1 aliphatic heterocycles. The smallest absolute Gasteiger partial charge is 0.326 e. The van der Waals surface area contributed by atoms with Crippen LogP contribution in [0.25, 0.3) is 10.9 Å². The van der Waals surface area contributed by atoms with Crippen LogP contribution in [0.2, 0.25) is 0 Å². The van der Waals surface area contributed by atoms with E-state index in [2.05, 4.69) is 4.98 Å².